The first-order chi connectivity index (χ1) is 8.61. The fraction of sp³-hybridized carbons (Fsp3) is 0.385. The first kappa shape index (κ1) is 16.3. The Morgan fingerprint density at radius 2 is 1.94 bits per heavy atom. The molecule has 100 valence electrons. The average Bonchev–Trinajstić information content (AvgIpc) is 2.37. The molecule has 0 unspecified atom stereocenters. The Morgan fingerprint density at radius 3 is 2.33 bits per heavy atom. The van der Waals surface area contributed by atoms with E-state index in [1.807, 2.05) is 25.1 Å². The third-order valence-electron chi connectivity index (χ3n) is 1.93. The SMILES string of the molecule is CN(C)CCO.O=CCNC(=O)c1ccccc1. The molecule has 0 saturated carbocycles. The molecule has 0 aliphatic rings. The number of aliphatic hydroxyl groups is 1. The van der Waals surface area contributed by atoms with Crippen LogP contribution in [0.25, 0.3) is 0 Å². The Labute approximate surface area is 107 Å². The van der Waals surface area contributed by atoms with Crippen molar-refractivity contribution in [2.45, 2.75) is 0 Å². The molecule has 5 nitrogen and oxygen atoms in total. The fourth-order valence-corrected chi connectivity index (χ4v) is 1.03. The summed E-state index contributed by atoms with van der Waals surface area (Å²) >= 11 is 0. The zero-order valence-corrected chi connectivity index (χ0v) is 10.8. The lowest BCUT2D eigenvalue weighted by Crippen LogP contribution is -2.24. The third kappa shape index (κ3) is 8.43. The second kappa shape index (κ2) is 10.4. The molecule has 2 N–H and O–H groups in total. The van der Waals surface area contributed by atoms with Crippen LogP contribution in [0.2, 0.25) is 0 Å². The van der Waals surface area contributed by atoms with Crippen LogP contribution >= 0.6 is 0 Å². The van der Waals surface area contributed by atoms with Crippen LogP contribution in [0.1, 0.15) is 10.4 Å². The number of aldehydes is 1. The molecule has 0 aliphatic carbocycles. The number of carbonyl (C=O) groups is 2. The van der Waals surface area contributed by atoms with E-state index in [0.29, 0.717) is 11.8 Å². The molecule has 0 saturated heterocycles. The smallest absolute Gasteiger partial charge is 0.251 e. The zero-order chi connectivity index (χ0) is 13.8. The monoisotopic (exact) mass is 252 g/mol. The summed E-state index contributed by atoms with van der Waals surface area (Å²) in [5.74, 6) is -0.220. The van der Waals surface area contributed by atoms with Crippen molar-refractivity contribution in [2.75, 3.05) is 33.8 Å². The molecule has 0 aromatic heterocycles. The van der Waals surface area contributed by atoms with Crippen LogP contribution in [0.3, 0.4) is 0 Å². The minimum absolute atomic E-state index is 0.0632. The van der Waals surface area contributed by atoms with Crippen LogP contribution in [-0.2, 0) is 4.79 Å². The van der Waals surface area contributed by atoms with Gasteiger partial charge in [-0.05, 0) is 26.2 Å². The molecule has 0 radical (unpaired) electrons. The van der Waals surface area contributed by atoms with Crippen molar-refractivity contribution in [3.05, 3.63) is 35.9 Å². The summed E-state index contributed by atoms with van der Waals surface area (Å²) in [5.41, 5.74) is 0.569. The van der Waals surface area contributed by atoms with Gasteiger partial charge in [-0.25, -0.2) is 0 Å². The molecule has 0 aliphatic heterocycles. The third-order valence-corrected chi connectivity index (χ3v) is 1.93. The molecular formula is C13H20N2O3. The highest BCUT2D eigenvalue weighted by molar-refractivity contribution is 5.94. The van der Waals surface area contributed by atoms with Crippen molar-refractivity contribution < 1.29 is 14.7 Å². The molecule has 1 aromatic rings. The van der Waals surface area contributed by atoms with Gasteiger partial charge in [-0.1, -0.05) is 18.2 Å². The minimum Gasteiger partial charge on any atom is -0.395 e. The highest BCUT2D eigenvalue weighted by Gasteiger charge is 2.01. The van der Waals surface area contributed by atoms with Crippen LogP contribution < -0.4 is 5.32 Å². The van der Waals surface area contributed by atoms with Crippen molar-refractivity contribution in [3.63, 3.8) is 0 Å². The molecule has 18 heavy (non-hydrogen) atoms. The maximum absolute atomic E-state index is 11.1. The van der Waals surface area contributed by atoms with Crippen molar-refractivity contribution in [1.82, 2.24) is 10.2 Å². The quantitative estimate of drug-likeness (QED) is 0.732. The van der Waals surface area contributed by atoms with Crippen LogP contribution in [-0.4, -0.2) is 56.0 Å². The van der Waals surface area contributed by atoms with Crippen LogP contribution in [0.15, 0.2) is 30.3 Å². The molecule has 1 aromatic carbocycles. The van der Waals surface area contributed by atoms with Crippen molar-refractivity contribution in [1.29, 1.82) is 0 Å². The van der Waals surface area contributed by atoms with Crippen LogP contribution in [0, 0.1) is 0 Å². The molecule has 1 rings (SSSR count). The van der Waals surface area contributed by atoms with Gasteiger partial charge in [0, 0.05) is 12.1 Å². The van der Waals surface area contributed by atoms with Gasteiger partial charge in [0.1, 0.15) is 6.29 Å². The Bertz CT molecular complexity index is 339. The highest BCUT2D eigenvalue weighted by atomic mass is 16.3. The van der Waals surface area contributed by atoms with E-state index >= 15 is 0 Å². The number of hydrogen-bond donors (Lipinski definition) is 2. The Balaban J connectivity index is 0.000000411. The summed E-state index contributed by atoms with van der Waals surface area (Å²) in [6.07, 6.45) is 0.654. The van der Waals surface area contributed by atoms with E-state index in [1.54, 1.807) is 24.3 Å². The number of nitrogens with one attached hydrogen (secondary N) is 1. The number of amides is 1. The van der Waals surface area contributed by atoms with Gasteiger partial charge in [-0.15, -0.1) is 0 Å². The Morgan fingerprint density at radius 1 is 1.33 bits per heavy atom. The predicted molar refractivity (Wildman–Crippen MR) is 70.5 cm³/mol. The summed E-state index contributed by atoms with van der Waals surface area (Å²) in [7, 11) is 3.85. The number of carbonyl (C=O) groups excluding carboxylic acids is 2. The lowest BCUT2D eigenvalue weighted by molar-refractivity contribution is -0.107. The number of hydrogen-bond acceptors (Lipinski definition) is 4. The van der Waals surface area contributed by atoms with E-state index in [2.05, 4.69) is 5.32 Å². The number of rotatable bonds is 5. The van der Waals surface area contributed by atoms with E-state index < -0.39 is 0 Å². The summed E-state index contributed by atoms with van der Waals surface area (Å²) in [6, 6.07) is 8.77. The number of likely N-dealkylation sites (N-methyl/N-ethyl adjacent to an activating group) is 1. The van der Waals surface area contributed by atoms with E-state index in [9.17, 15) is 9.59 Å². The standard InChI is InChI=1S/C9H9NO2.C4H11NO/c11-7-6-10-9(12)8-4-2-1-3-5-8;1-5(2)3-4-6/h1-5,7H,6H2,(H,10,12);6H,3-4H2,1-2H3. The topological polar surface area (TPSA) is 69.6 Å². The number of benzene rings is 1. The van der Waals surface area contributed by atoms with E-state index in [0.717, 1.165) is 6.54 Å². The van der Waals surface area contributed by atoms with Crippen LogP contribution in [0.5, 0.6) is 0 Å². The molecule has 1 amide bonds. The van der Waals surface area contributed by atoms with Gasteiger partial charge in [-0.2, -0.15) is 0 Å². The summed E-state index contributed by atoms with van der Waals surface area (Å²) < 4.78 is 0. The minimum atomic E-state index is -0.220. The predicted octanol–water partition coefficient (Wildman–Crippen LogP) is 0.156. The number of aliphatic hydroxyl groups excluding tert-OH is 1. The van der Waals surface area contributed by atoms with E-state index in [-0.39, 0.29) is 19.1 Å². The average molecular weight is 252 g/mol. The van der Waals surface area contributed by atoms with E-state index in [4.69, 9.17) is 5.11 Å². The largest absolute Gasteiger partial charge is 0.395 e. The first-order valence-corrected chi connectivity index (χ1v) is 5.64. The first-order valence-electron chi connectivity index (χ1n) is 5.64. The molecule has 0 heterocycles. The summed E-state index contributed by atoms with van der Waals surface area (Å²) in [4.78, 5) is 23.0. The highest BCUT2D eigenvalue weighted by Crippen LogP contribution is 1.96. The molecule has 0 bridgehead atoms. The van der Waals surface area contributed by atoms with Gasteiger partial charge >= 0.3 is 0 Å². The van der Waals surface area contributed by atoms with Crippen LogP contribution in [0.4, 0.5) is 0 Å². The fourth-order valence-electron chi connectivity index (χ4n) is 1.03. The second-order valence-electron chi connectivity index (χ2n) is 3.77. The second-order valence-corrected chi connectivity index (χ2v) is 3.77. The lowest BCUT2D eigenvalue weighted by atomic mass is 10.2. The molecule has 5 heteroatoms. The van der Waals surface area contributed by atoms with Crippen molar-refractivity contribution in [3.8, 4) is 0 Å². The Hall–Kier alpha value is -1.72. The summed E-state index contributed by atoms with van der Waals surface area (Å²) in [6.45, 7) is 1.08. The van der Waals surface area contributed by atoms with Gasteiger partial charge < -0.3 is 20.1 Å². The maximum Gasteiger partial charge on any atom is 0.251 e. The van der Waals surface area contributed by atoms with Gasteiger partial charge in [0.05, 0.1) is 13.2 Å². The lowest BCUT2D eigenvalue weighted by Gasteiger charge is -2.03. The summed E-state index contributed by atoms with van der Waals surface area (Å²) in [5, 5.41) is 10.6. The van der Waals surface area contributed by atoms with Gasteiger partial charge in [-0.3, -0.25) is 4.79 Å². The van der Waals surface area contributed by atoms with Gasteiger partial charge in [0.25, 0.3) is 5.91 Å². The van der Waals surface area contributed by atoms with Crippen molar-refractivity contribution >= 4 is 12.2 Å². The van der Waals surface area contributed by atoms with Gasteiger partial charge in [0.2, 0.25) is 0 Å². The normalized spacial score (nSPS) is 9.33. The molecular weight excluding hydrogens is 232 g/mol. The molecule has 0 atom stereocenters. The van der Waals surface area contributed by atoms with E-state index in [1.165, 1.54) is 0 Å². The maximum atomic E-state index is 11.1. The molecule has 0 fully saturated rings. The number of nitrogens with zero attached hydrogens (tertiary/aromatic N) is 1. The van der Waals surface area contributed by atoms with Gasteiger partial charge in [0.15, 0.2) is 0 Å². The molecule has 0 spiro atoms. The van der Waals surface area contributed by atoms with Crippen molar-refractivity contribution in [2.24, 2.45) is 0 Å². The zero-order valence-electron chi connectivity index (χ0n) is 10.8. The Kier molecular flexibility index (Phi) is 9.44.